The standard InChI is InChI=1S/C18H18N2/c1-13-3-6-15(7-4-13)16-11-18-17-8-5-14(2)20(17)10-9-19(18)12-16/h3-8,11-12H,9-10H2,1-2H3. The van der Waals surface area contributed by atoms with Gasteiger partial charge >= 0.3 is 0 Å². The highest BCUT2D eigenvalue weighted by atomic mass is 15.1. The fourth-order valence-corrected chi connectivity index (χ4v) is 3.11. The summed E-state index contributed by atoms with van der Waals surface area (Å²) >= 11 is 0. The molecule has 0 radical (unpaired) electrons. The van der Waals surface area contributed by atoms with Gasteiger partial charge in [-0.05, 0) is 37.6 Å². The van der Waals surface area contributed by atoms with Gasteiger partial charge < -0.3 is 9.13 Å². The number of rotatable bonds is 1. The Bertz CT molecular complexity index is 772. The first-order valence-corrected chi connectivity index (χ1v) is 7.16. The van der Waals surface area contributed by atoms with Crippen LogP contribution in [0.1, 0.15) is 11.3 Å². The molecule has 0 N–H and O–H groups in total. The van der Waals surface area contributed by atoms with Crippen molar-refractivity contribution in [3.63, 3.8) is 0 Å². The lowest BCUT2D eigenvalue weighted by atomic mass is 10.1. The Labute approximate surface area is 119 Å². The second-order valence-electron chi connectivity index (χ2n) is 5.69. The van der Waals surface area contributed by atoms with E-state index >= 15 is 0 Å². The number of aromatic nitrogens is 2. The highest BCUT2D eigenvalue weighted by molar-refractivity contribution is 5.71. The fraction of sp³-hybridized carbons (Fsp3) is 0.222. The molecule has 2 aromatic heterocycles. The van der Waals surface area contributed by atoms with E-state index in [-0.39, 0.29) is 0 Å². The molecule has 0 saturated carbocycles. The van der Waals surface area contributed by atoms with Gasteiger partial charge in [-0.1, -0.05) is 29.8 Å². The Hall–Kier alpha value is -2.22. The smallest absolute Gasteiger partial charge is 0.0655 e. The van der Waals surface area contributed by atoms with Gasteiger partial charge in [0.05, 0.1) is 11.4 Å². The maximum atomic E-state index is 2.41. The van der Waals surface area contributed by atoms with Crippen LogP contribution in [0.4, 0.5) is 0 Å². The molecule has 2 heteroatoms. The summed E-state index contributed by atoms with van der Waals surface area (Å²) in [5.41, 5.74) is 7.94. The van der Waals surface area contributed by atoms with Crippen molar-refractivity contribution in [2.45, 2.75) is 26.9 Å². The third kappa shape index (κ3) is 1.64. The average Bonchev–Trinajstić information content (AvgIpc) is 3.03. The quantitative estimate of drug-likeness (QED) is 0.620. The van der Waals surface area contributed by atoms with Gasteiger partial charge in [0.25, 0.3) is 0 Å². The molecule has 0 spiro atoms. The zero-order valence-corrected chi connectivity index (χ0v) is 11.9. The van der Waals surface area contributed by atoms with Gasteiger partial charge in [-0.3, -0.25) is 0 Å². The molecule has 100 valence electrons. The molecule has 0 aliphatic carbocycles. The van der Waals surface area contributed by atoms with E-state index in [2.05, 4.69) is 71.6 Å². The topological polar surface area (TPSA) is 9.86 Å². The van der Waals surface area contributed by atoms with E-state index in [0.29, 0.717) is 0 Å². The molecule has 3 heterocycles. The minimum Gasteiger partial charge on any atom is -0.344 e. The summed E-state index contributed by atoms with van der Waals surface area (Å²) < 4.78 is 4.79. The SMILES string of the molecule is Cc1ccc(-c2cc3n(c2)CCn2c(C)ccc2-3)cc1. The Morgan fingerprint density at radius 2 is 1.60 bits per heavy atom. The normalized spacial score (nSPS) is 13.1. The molecule has 0 bridgehead atoms. The number of hydrogen-bond acceptors (Lipinski definition) is 0. The lowest BCUT2D eigenvalue weighted by Crippen LogP contribution is -2.15. The summed E-state index contributed by atoms with van der Waals surface area (Å²) in [4.78, 5) is 0. The second-order valence-corrected chi connectivity index (χ2v) is 5.69. The zero-order valence-electron chi connectivity index (χ0n) is 11.9. The third-order valence-corrected chi connectivity index (χ3v) is 4.31. The van der Waals surface area contributed by atoms with E-state index in [1.165, 1.54) is 33.8 Å². The minimum absolute atomic E-state index is 1.06. The van der Waals surface area contributed by atoms with Crippen LogP contribution in [0.2, 0.25) is 0 Å². The first-order valence-electron chi connectivity index (χ1n) is 7.16. The van der Waals surface area contributed by atoms with Gasteiger partial charge in [0.1, 0.15) is 0 Å². The van der Waals surface area contributed by atoms with Crippen molar-refractivity contribution >= 4 is 0 Å². The van der Waals surface area contributed by atoms with Crippen LogP contribution < -0.4 is 0 Å². The maximum absolute atomic E-state index is 2.41. The van der Waals surface area contributed by atoms with Crippen LogP contribution in [0.3, 0.4) is 0 Å². The van der Waals surface area contributed by atoms with Gasteiger partial charge in [-0.15, -0.1) is 0 Å². The number of benzene rings is 1. The fourth-order valence-electron chi connectivity index (χ4n) is 3.11. The van der Waals surface area contributed by atoms with Crippen molar-refractivity contribution in [2.24, 2.45) is 0 Å². The van der Waals surface area contributed by atoms with E-state index in [0.717, 1.165) is 13.1 Å². The summed E-state index contributed by atoms with van der Waals surface area (Å²) in [5, 5.41) is 0. The van der Waals surface area contributed by atoms with E-state index in [4.69, 9.17) is 0 Å². The largest absolute Gasteiger partial charge is 0.344 e. The van der Waals surface area contributed by atoms with Gasteiger partial charge in [0.15, 0.2) is 0 Å². The number of aryl methyl sites for hydroxylation is 3. The highest BCUT2D eigenvalue weighted by Crippen LogP contribution is 2.32. The second kappa shape index (κ2) is 4.14. The molecule has 3 aromatic rings. The van der Waals surface area contributed by atoms with E-state index in [1.807, 2.05) is 0 Å². The van der Waals surface area contributed by atoms with Crippen molar-refractivity contribution < 1.29 is 0 Å². The first kappa shape index (κ1) is 11.6. The molecule has 4 rings (SSSR count). The molecule has 20 heavy (non-hydrogen) atoms. The van der Waals surface area contributed by atoms with Crippen LogP contribution in [0.15, 0.2) is 48.7 Å². The molecule has 1 aliphatic rings. The summed E-state index contributed by atoms with van der Waals surface area (Å²) in [6.45, 7) is 6.44. The van der Waals surface area contributed by atoms with Gasteiger partial charge in [0.2, 0.25) is 0 Å². The lowest BCUT2D eigenvalue weighted by molar-refractivity contribution is 0.552. The molecule has 1 aliphatic heterocycles. The highest BCUT2D eigenvalue weighted by Gasteiger charge is 2.18. The summed E-state index contributed by atoms with van der Waals surface area (Å²) in [6, 6.07) is 15.5. The summed E-state index contributed by atoms with van der Waals surface area (Å²) in [7, 11) is 0. The average molecular weight is 262 g/mol. The van der Waals surface area contributed by atoms with Crippen molar-refractivity contribution in [1.29, 1.82) is 0 Å². The van der Waals surface area contributed by atoms with Crippen LogP contribution in [0, 0.1) is 13.8 Å². The predicted molar refractivity (Wildman–Crippen MR) is 82.8 cm³/mol. The number of nitrogens with zero attached hydrogens (tertiary/aromatic N) is 2. The summed E-state index contributed by atoms with van der Waals surface area (Å²) in [6.07, 6.45) is 2.28. The predicted octanol–water partition coefficient (Wildman–Crippen LogP) is 4.25. The van der Waals surface area contributed by atoms with Crippen molar-refractivity contribution in [2.75, 3.05) is 0 Å². The molecule has 0 fully saturated rings. The molecule has 0 saturated heterocycles. The number of fused-ring (bicyclic) bond motifs is 3. The van der Waals surface area contributed by atoms with Crippen LogP contribution in [-0.2, 0) is 13.1 Å². The molecular formula is C18H18N2. The van der Waals surface area contributed by atoms with Crippen LogP contribution in [-0.4, -0.2) is 9.13 Å². The Morgan fingerprint density at radius 3 is 2.40 bits per heavy atom. The summed E-state index contributed by atoms with van der Waals surface area (Å²) in [5.74, 6) is 0. The van der Waals surface area contributed by atoms with Gasteiger partial charge in [-0.2, -0.15) is 0 Å². The zero-order chi connectivity index (χ0) is 13.7. The van der Waals surface area contributed by atoms with Crippen LogP contribution in [0.25, 0.3) is 22.5 Å². The Balaban J connectivity index is 1.84. The van der Waals surface area contributed by atoms with Crippen molar-refractivity contribution in [3.8, 4) is 22.5 Å². The van der Waals surface area contributed by atoms with Crippen LogP contribution >= 0.6 is 0 Å². The van der Waals surface area contributed by atoms with E-state index < -0.39 is 0 Å². The lowest BCUT2D eigenvalue weighted by Gasteiger charge is -2.20. The number of hydrogen-bond donors (Lipinski definition) is 0. The molecule has 1 aromatic carbocycles. The van der Waals surface area contributed by atoms with Crippen molar-refractivity contribution in [3.05, 3.63) is 59.9 Å². The molecule has 0 amide bonds. The monoisotopic (exact) mass is 262 g/mol. The first-order chi connectivity index (χ1) is 9.72. The molecular weight excluding hydrogens is 244 g/mol. The minimum atomic E-state index is 1.06. The molecule has 2 nitrogen and oxygen atoms in total. The Kier molecular flexibility index (Phi) is 2.40. The van der Waals surface area contributed by atoms with Crippen molar-refractivity contribution in [1.82, 2.24) is 9.13 Å². The van der Waals surface area contributed by atoms with Gasteiger partial charge in [0, 0.05) is 30.5 Å². The molecule has 0 unspecified atom stereocenters. The van der Waals surface area contributed by atoms with Gasteiger partial charge in [-0.25, -0.2) is 0 Å². The maximum Gasteiger partial charge on any atom is 0.0655 e. The molecule has 0 atom stereocenters. The Morgan fingerprint density at radius 1 is 0.800 bits per heavy atom. The van der Waals surface area contributed by atoms with Crippen LogP contribution in [0.5, 0.6) is 0 Å². The van der Waals surface area contributed by atoms with E-state index in [1.54, 1.807) is 0 Å². The van der Waals surface area contributed by atoms with E-state index in [9.17, 15) is 0 Å². The third-order valence-electron chi connectivity index (χ3n) is 4.31.